The van der Waals surface area contributed by atoms with Crippen molar-refractivity contribution in [2.45, 2.75) is 30.3 Å². The van der Waals surface area contributed by atoms with Crippen LogP contribution in [0.5, 0.6) is 0 Å². The van der Waals surface area contributed by atoms with Gasteiger partial charge in [-0.2, -0.15) is 0 Å². The zero-order valence-corrected chi connectivity index (χ0v) is 14.1. The maximum Gasteiger partial charge on any atom is 0.275 e. The maximum absolute atomic E-state index is 13.9. The van der Waals surface area contributed by atoms with E-state index in [1.54, 1.807) is 5.38 Å². The molecule has 0 bridgehead atoms. The van der Waals surface area contributed by atoms with E-state index in [-0.39, 0.29) is 24.0 Å². The van der Waals surface area contributed by atoms with Gasteiger partial charge in [0.25, 0.3) is 5.91 Å². The lowest BCUT2D eigenvalue weighted by molar-refractivity contribution is 0.102. The monoisotopic (exact) mass is 370 g/mol. The number of nitrogens with two attached hydrogens (primary N) is 1. The summed E-state index contributed by atoms with van der Waals surface area (Å²) in [5, 5.41) is 4.67. The highest BCUT2D eigenvalue weighted by atomic mass is 32.2. The Hall–Kier alpha value is -1.88. The fourth-order valence-electron chi connectivity index (χ4n) is 1.98. The first-order valence-corrected chi connectivity index (χ1v) is 9.53. The summed E-state index contributed by atoms with van der Waals surface area (Å²) in [5.41, 5.74) is 5.78. The van der Waals surface area contributed by atoms with E-state index in [1.165, 1.54) is 17.4 Å². The minimum atomic E-state index is -3.96. The molecule has 1 saturated carbocycles. The van der Waals surface area contributed by atoms with Crippen molar-refractivity contribution in [1.82, 2.24) is 9.71 Å². The summed E-state index contributed by atoms with van der Waals surface area (Å²) in [7, 11) is -3.96. The first kappa shape index (κ1) is 17.0. The van der Waals surface area contributed by atoms with Gasteiger partial charge in [-0.25, -0.2) is 22.5 Å². The highest BCUT2D eigenvalue weighted by Crippen LogP contribution is 2.25. The minimum Gasteiger partial charge on any atom is -0.325 e. The first-order valence-electron chi connectivity index (χ1n) is 7.17. The molecule has 1 aromatic carbocycles. The Bertz CT molecular complexity index is 878. The van der Waals surface area contributed by atoms with Gasteiger partial charge >= 0.3 is 0 Å². The normalized spacial score (nSPS) is 14.6. The lowest BCUT2D eigenvalue weighted by atomic mass is 10.3. The maximum atomic E-state index is 13.9. The van der Waals surface area contributed by atoms with E-state index in [0.29, 0.717) is 5.01 Å². The smallest absolute Gasteiger partial charge is 0.275 e. The van der Waals surface area contributed by atoms with Crippen LogP contribution < -0.4 is 15.8 Å². The summed E-state index contributed by atoms with van der Waals surface area (Å²) < 4.78 is 40.6. The molecular weight excluding hydrogens is 355 g/mol. The van der Waals surface area contributed by atoms with Crippen molar-refractivity contribution in [3.63, 3.8) is 0 Å². The fraction of sp³-hybridized carbons (Fsp3) is 0.286. The predicted molar refractivity (Wildman–Crippen MR) is 87.7 cm³/mol. The predicted octanol–water partition coefficient (Wildman–Crippen LogP) is 1.43. The van der Waals surface area contributed by atoms with E-state index < -0.39 is 26.6 Å². The van der Waals surface area contributed by atoms with Gasteiger partial charge in [0.15, 0.2) is 0 Å². The molecular formula is C14H15FN4O3S2. The molecule has 24 heavy (non-hydrogen) atoms. The summed E-state index contributed by atoms with van der Waals surface area (Å²) >= 11 is 1.25. The van der Waals surface area contributed by atoms with Crippen LogP contribution in [0.1, 0.15) is 28.3 Å². The molecule has 4 N–H and O–H groups in total. The zero-order chi connectivity index (χ0) is 17.3. The van der Waals surface area contributed by atoms with Gasteiger partial charge in [0.1, 0.15) is 21.4 Å². The van der Waals surface area contributed by atoms with Gasteiger partial charge in [0.2, 0.25) is 10.0 Å². The first-order chi connectivity index (χ1) is 11.4. The van der Waals surface area contributed by atoms with Crippen molar-refractivity contribution in [2.24, 2.45) is 5.73 Å². The number of hydrogen-bond donors (Lipinski definition) is 3. The number of amides is 1. The van der Waals surface area contributed by atoms with Gasteiger partial charge in [-0.15, -0.1) is 11.3 Å². The van der Waals surface area contributed by atoms with Crippen LogP contribution in [0.15, 0.2) is 28.5 Å². The average molecular weight is 370 g/mol. The van der Waals surface area contributed by atoms with Crippen LogP contribution in [-0.4, -0.2) is 25.4 Å². The second-order valence-electron chi connectivity index (χ2n) is 5.33. The molecule has 1 aromatic heterocycles. The standard InChI is InChI=1S/C14H15FN4O3S2/c15-10-4-3-9(5-12(10)24(21,22)19-8-1-2-8)17-14(20)11-7-23-13(6-16)18-11/h3-5,7-8,19H,1-2,6,16H2,(H,17,20). The number of sulfonamides is 1. The number of hydrogen-bond acceptors (Lipinski definition) is 6. The Morgan fingerprint density at radius 2 is 2.17 bits per heavy atom. The highest BCUT2D eigenvalue weighted by molar-refractivity contribution is 7.89. The minimum absolute atomic E-state index is 0.141. The van der Waals surface area contributed by atoms with E-state index in [0.717, 1.165) is 25.0 Å². The molecule has 1 amide bonds. The number of benzene rings is 1. The van der Waals surface area contributed by atoms with Crippen LogP contribution in [0.3, 0.4) is 0 Å². The van der Waals surface area contributed by atoms with Crippen LogP contribution in [0.4, 0.5) is 10.1 Å². The van der Waals surface area contributed by atoms with E-state index in [2.05, 4.69) is 15.0 Å². The Morgan fingerprint density at radius 3 is 2.79 bits per heavy atom. The Kier molecular flexibility index (Phi) is 4.63. The van der Waals surface area contributed by atoms with Crippen LogP contribution in [0.2, 0.25) is 0 Å². The summed E-state index contributed by atoms with van der Waals surface area (Å²) in [4.78, 5) is 15.7. The summed E-state index contributed by atoms with van der Waals surface area (Å²) in [6.07, 6.45) is 1.48. The molecule has 0 atom stereocenters. The van der Waals surface area contributed by atoms with Gasteiger partial charge in [-0.1, -0.05) is 0 Å². The summed E-state index contributed by atoms with van der Waals surface area (Å²) in [6, 6.07) is 3.24. The Labute approximate surface area is 142 Å². The number of aromatic nitrogens is 1. The third-order valence-electron chi connectivity index (χ3n) is 3.34. The zero-order valence-electron chi connectivity index (χ0n) is 12.5. The summed E-state index contributed by atoms with van der Waals surface area (Å²) in [5.74, 6) is -1.39. The molecule has 1 aliphatic rings. The van der Waals surface area contributed by atoms with E-state index in [4.69, 9.17) is 5.73 Å². The van der Waals surface area contributed by atoms with Crippen LogP contribution >= 0.6 is 11.3 Å². The molecule has 1 heterocycles. The molecule has 2 aromatic rings. The number of halogens is 1. The largest absolute Gasteiger partial charge is 0.325 e. The van der Waals surface area contributed by atoms with Crippen LogP contribution in [-0.2, 0) is 16.6 Å². The topological polar surface area (TPSA) is 114 Å². The van der Waals surface area contributed by atoms with Gasteiger partial charge in [0, 0.05) is 23.7 Å². The van der Waals surface area contributed by atoms with Crippen LogP contribution in [0, 0.1) is 5.82 Å². The Morgan fingerprint density at radius 1 is 1.42 bits per heavy atom. The van der Waals surface area contributed by atoms with E-state index >= 15 is 0 Å². The number of anilines is 1. The van der Waals surface area contributed by atoms with Crippen molar-refractivity contribution in [3.8, 4) is 0 Å². The van der Waals surface area contributed by atoms with Crippen molar-refractivity contribution < 1.29 is 17.6 Å². The molecule has 0 radical (unpaired) electrons. The summed E-state index contributed by atoms with van der Waals surface area (Å²) in [6.45, 7) is 0.226. The van der Waals surface area contributed by atoms with Gasteiger partial charge in [0.05, 0.1) is 0 Å². The quantitative estimate of drug-likeness (QED) is 0.712. The molecule has 0 aliphatic heterocycles. The SMILES string of the molecule is NCc1nc(C(=O)Nc2ccc(F)c(S(=O)(=O)NC3CC3)c2)cs1. The molecule has 0 saturated heterocycles. The molecule has 128 valence electrons. The number of carbonyl (C=O) groups excluding carboxylic acids is 1. The number of carbonyl (C=O) groups is 1. The molecule has 7 nitrogen and oxygen atoms in total. The second kappa shape index (κ2) is 6.55. The van der Waals surface area contributed by atoms with Crippen molar-refractivity contribution in [3.05, 3.63) is 40.1 Å². The van der Waals surface area contributed by atoms with Gasteiger partial charge in [-0.05, 0) is 31.0 Å². The van der Waals surface area contributed by atoms with Crippen molar-refractivity contribution >= 4 is 33.0 Å². The molecule has 1 fully saturated rings. The third kappa shape index (κ3) is 3.78. The lowest BCUT2D eigenvalue weighted by Crippen LogP contribution is -2.26. The second-order valence-corrected chi connectivity index (χ2v) is 7.95. The van der Waals surface area contributed by atoms with Crippen molar-refractivity contribution in [1.29, 1.82) is 0 Å². The fourth-order valence-corrected chi connectivity index (χ4v) is 4.04. The molecule has 1 aliphatic carbocycles. The molecule has 0 spiro atoms. The van der Waals surface area contributed by atoms with E-state index in [1.807, 2.05) is 0 Å². The lowest BCUT2D eigenvalue weighted by Gasteiger charge is -2.09. The average Bonchev–Trinajstić information content (AvgIpc) is 3.20. The number of nitrogens with one attached hydrogen (secondary N) is 2. The van der Waals surface area contributed by atoms with Gasteiger partial charge in [-0.3, -0.25) is 4.79 Å². The number of rotatable bonds is 6. The van der Waals surface area contributed by atoms with Crippen LogP contribution in [0.25, 0.3) is 0 Å². The Balaban J connectivity index is 1.81. The highest BCUT2D eigenvalue weighted by Gasteiger charge is 2.30. The van der Waals surface area contributed by atoms with Gasteiger partial charge < -0.3 is 11.1 Å². The molecule has 3 rings (SSSR count). The molecule has 0 unspecified atom stereocenters. The molecule has 10 heteroatoms. The number of nitrogens with zero attached hydrogens (tertiary/aromatic N) is 1. The third-order valence-corrected chi connectivity index (χ3v) is 5.74. The van der Waals surface area contributed by atoms with E-state index in [9.17, 15) is 17.6 Å². The van der Waals surface area contributed by atoms with Crippen molar-refractivity contribution in [2.75, 3.05) is 5.32 Å². The number of thiazole rings is 1.